The van der Waals surface area contributed by atoms with Gasteiger partial charge in [-0.05, 0) is 48.6 Å². The quantitative estimate of drug-likeness (QED) is 0.674. The van der Waals surface area contributed by atoms with Crippen LogP contribution in [0.4, 0.5) is 0 Å². The summed E-state index contributed by atoms with van der Waals surface area (Å²) in [4.78, 5) is 23.3. The molecule has 2 N–H and O–H groups in total. The minimum absolute atomic E-state index is 0.262. The highest BCUT2D eigenvalue weighted by Gasteiger charge is 2.27. The SMILES string of the molecule is Cn1ccnc1CCN(Cc1cccc(C(N)=O)c1)C1CCCc2cccnc21. The molecule has 1 atom stereocenters. The molecule has 0 radical (unpaired) electrons. The third kappa shape index (κ3) is 4.38. The third-order valence-corrected chi connectivity index (χ3v) is 5.75. The van der Waals surface area contributed by atoms with E-state index in [0.29, 0.717) is 5.56 Å². The van der Waals surface area contributed by atoms with E-state index in [1.54, 1.807) is 6.07 Å². The van der Waals surface area contributed by atoms with Gasteiger partial charge in [0.25, 0.3) is 0 Å². The number of benzene rings is 1. The number of carbonyl (C=O) groups excluding carboxylic acids is 1. The number of primary amides is 1. The Morgan fingerprint density at radius 2 is 2.14 bits per heavy atom. The van der Waals surface area contributed by atoms with Crippen molar-refractivity contribution in [3.05, 3.63) is 83.2 Å². The Kier molecular flexibility index (Phi) is 5.71. The van der Waals surface area contributed by atoms with Crippen LogP contribution in [0.2, 0.25) is 0 Å². The van der Waals surface area contributed by atoms with Gasteiger partial charge in [-0.25, -0.2) is 4.98 Å². The molecule has 1 unspecified atom stereocenters. The van der Waals surface area contributed by atoms with E-state index in [1.807, 2.05) is 43.8 Å². The number of amides is 1. The number of pyridine rings is 1. The first kappa shape index (κ1) is 19.3. The van der Waals surface area contributed by atoms with Crippen molar-refractivity contribution in [2.24, 2.45) is 12.8 Å². The Bertz CT molecular complexity index is 996. The van der Waals surface area contributed by atoms with Crippen LogP contribution < -0.4 is 5.73 Å². The Morgan fingerprint density at radius 1 is 1.24 bits per heavy atom. The Hall–Kier alpha value is -2.99. The first-order chi connectivity index (χ1) is 14.1. The van der Waals surface area contributed by atoms with Crippen molar-refractivity contribution < 1.29 is 4.79 Å². The van der Waals surface area contributed by atoms with Gasteiger partial charge in [0.05, 0.1) is 11.7 Å². The number of rotatable bonds is 7. The zero-order valence-corrected chi connectivity index (χ0v) is 16.8. The molecule has 4 rings (SSSR count). The zero-order chi connectivity index (χ0) is 20.2. The molecule has 1 amide bonds. The molecular formula is C23H27N5O. The maximum atomic E-state index is 11.6. The van der Waals surface area contributed by atoms with Crippen LogP contribution in [0.5, 0.6) is 0 Å². The fourth-order valence-corrected chi connectivity index (χ4v) is 4.22. The number of hydrogen-bond acceptors (Lipinski definition) is 4. The lowest BCUT2D eigenvalue weighted by Crippen LogP contribution is -2.33. The van der Waals surface area contributed by atoms with Gasteiger partial charge in [-0.3, -0.25) is 14.7 Å². The average Bonchev–Trinajstić information content (AvgIpc) is 3.15. The van der Waals surface area contributed by atoms with Crippen LogP contribution >= 0.6 is 0 Å². The van der Waals surface area contributed by atoms with Gasteiger partial charge >= 0.3 is 0 Å². The van der Waals surface area contributed by atoms with Gasteiger partial charge < -0.3 is 10.3 Å². The standard InChI is InChI=1S/C23H27N5O/c1-27-14-12-25-21(27)10-13-28(16-17-5-2-7-19(15-17)23(24)29)20-9-3-6-18-8-4-11-26-22(18)20/h2,4-5,7-8,11-12,14-15,20H,3,6,9-10,13,16H2,1H3,(H2,24,29). The smallest absolute Gasteiger partial charge is 0.248 e. The summed E-state index contributed by atoms with van der Waals surface area (Å²) in [7, 11) is 2.03. The highest BCUT2D eigenvalue weighted by Crippen LogP contribution is 2.33. The van der Waals surface area contributed by atoms with Crippen LogP contribution in [0.1, 0.15) is 51.9 Å². The molecule has 1 aliphatic rings. The van der Waals surface area contributed by atoms with Crippen molar-refractivity contribution in [3.63, 3.8) is 0 Å². The number of nitrogens with two attached hydrogens (primary N) is 1. The number of hydrogen-bond donors (Lipinski definition) is 1. The van der Waals surface area contributed by atoms with Crippen molar-refractivity contribution in [1.29, 1.82) is 0 Å². The molecule has 150 valence electrons. The van der Waals surface area contributed by atoms with Crippen molar-refractivity contribution in [1.82, 2.24) is 19.4 Å². The summed E-state index contributed by atoms with van der Waals surface area (Å²) in [6.45, 7) is 1.61. The summed E-state index contributed by atoms with van der Waals surface area (Å²) < 4.78 is 2.07. The van der Waals surface area contributed by atoms with E-state index in [2.05, 4.69) is 26.6 Å². The number of nitrogens with zero attached hydrogens (tertiary/aromatic N) is 4. The molecule has 6 heteroatoms. The van der Waals surface area contributed by atoms with E-state index in [0.717, 1.165) is 50.2 Å². The minimum atomic E-state index is -0.393. The van der Waals surface area contributed by atoms with Crippen molar-refractivity contribution in [3.8, 4) is 0 Å². The Morgan fingerprint density at radius 3 is 2.93 bits per heavy atom. The van der Waals surface area contributed by atoms with Crippen LogP contribution in [0.25, 0.3) is 0 Å². The summed E-state index contributed by atoms with van der Waals surface area (Å²) >= 11 is 0. The Labute approximate surface area is 171 Å². The largest absolute Gasteiger partial charge is 0.366 e. The number of aryl methyl sites for hydroxylation is 2. The van der Waals surface area contributed by atoms with Crippen molar-refractivity contribution >= 4 is 5.91 Å². The lowest BCUT2D eigenvalue weighted by molar-refractivity contribution is 0.1000. The topological polar surface area (TPSA) is 77.0 Å². The maximum absolute atomic E-state index is 11.6. The summed E-state index contributed by atoms with van der Waals surface area (Å²) in [6, 6.07) is 12.1. The predicted octanol–water partition coefficient (Wildman–Crippen LogP) is 3.04. The van der Waals surface area contributed by atoms with E-state index < -0.39 is 5.91 Å². The van der Waals surface area contributed by atoms with Gasteiger partial charge in [0.2, 0.25) is 5.91 Å². The van der Waals surface area contributed by atoms with Crippen LogP contribution in [-0.2, 0) is 26.4 Å². The summed E-state index contributed by atoms with van der Waals surface area (Å²) in [5.41, 5.74) is 9.65. The lowest BCUT2D eigenvalue weighted by atomic mass is 9.90. The van der Waals surface area contributed by atoms with E-state index >= 15 is 0 Å². The zero-order valence-electron chi connectivity index (χ0n) is 16.8. The van der Waals surface area contributed by atoms with Gasteiger partial charge in [0.1, 0.15) is 5.82 Å². The third-order valence-electron chi connectivity index (χ3n) is 5.75. The molecule has 1 aromatic carbocycles. The summed E-state index contributed by atoms with van der Waals surface area (Å²) in [5.74, 6) is 0.675. The van der Waals surface area contributed by atoms with Crippen LogP contribution in [0.3, 0.4) is 0 Å². The molecule has 0 bridgehead atoms. The molecule has 2 aromatic heterocycles. The van der Waals surface area contributed by atoms with Crippen LogP contribution in [0, 0.1) is 0 Å². The van der Waals surface area contributed by atoms with Crippen LogP contribution in [0.15, 0.2) is 55.0 Å². The number of imidazole rings is 1. The summed E-state index contributed by atoms with van der Waals surface area (Å²) in [5, 5.41) is 0. The lowest BCUT2D eigenvalue weighted by Gasteiger charge is -2.35. The van der Waals surface area contributed by atoms with Crippen molar-refractivity contribution in [2.45, 2.75) is 38.3 Å². The molecule has 1 aliphatic carbocycles. The molecule has 0 spiro atoms. The second kappa shape index (κ2) is 8.57. The van der Waals surface area contributed by atoms with Gasteiger partial charge in [-0.1, -0.05) is 18.2 Å². The van der Waals surface area contributed by atoms with E-state index in [4.69, 9.17) is 10.7 Å². The monoisotopic (exact) mass is 389 g/mol. The van der Waals surface area contributed by atoms with Crippen molar-refractivity contribution in [2.75, 3.05) is 6.54 Å². The normalized spacial score (nSPS) is 16.0. The second-order valence-corrected chi connectivity index (χ2v) is 7.70. The van der Waals surface area contributed by atoms with Gasteiger partial charge in [0.15, 0.2) is 0 Å². The van der Waals surface area contributed by atoms with E-state index in [1.165, 1.54) is 11.3 Å². The molecule has 0 saturated carbocycles. The predicted molar refractivity (Wildman–Crippen MR) is 112 cm³/mol. The molecule has 6 nitrogen and oxygen atoms in total. The number of carbonyl (C=O) groups is 1. The molecule has 2 heterocycles. The highest BCUT2D eigenvalue weighted by atomic mass is 16.1. The fourth-order valence-electron chi connectivity index (χ4n) is 4.22. The van der Waals surface area contributed by atoms with Gasteiger partial charge in [-0.15, -0.1) is 0 Å². The van der Waals surface area contributed by atoms with Gasteiger partial charge in [-0.2, -0.15) is 0 Å². The van der Waals surface area contributed by atoms with E-state index in [9.17, 15) is 4.79 Å². The molecule has 0 saturated heterocycles. The number of aromatic nitrogens is 3. The molecule has 0 fully saturated rings. The molecular weight excluding hydrogens is 362 g/mol. The van der Waals surface area contributed by atoms with Crippen LogP contribution in [-0.4, -0.2) is 31.9 Å². The van der Waals surface area contributed by atoms with Gasteiger partial charge in [0, 0.05) is 50.7 Å². The second-order valence-electron chi connectivity index (χ2n) is 7.70. The first-order valence-electron chi connectivity index (χ1n) is 10.1. The molecule has 0 aliphatic heterocycles. The minimum Gasteiger partial charge on any atom is -0.366 e. The first-order valence-corrected chi connectivity index (χ1v) is 10.1. The average molecular weight is 390 g/mol. The van der Waals surface area contributed by atoms with E-state index in [-0.39, 0.29) is 6.04 Å². The summed E-state index contributed by atoms with van der Waals surface area (Å²) in [6.07, 6.45) is 9.90. The highest BCUT2D eigenvalue weighted by molar-refractivity contribution is 5.92. The molecule has 3 aromatic rings. The molecule has 29 heavy (non-hydrogen) atoms. The fraction of sp³-hybridized carbons (Fsp3) is 0.348. The maximum Gasteiger partial charge on any atom is 0.248 e. The number of fused-ring (bicyclic) bond motifs is 1. The Balaban J connectivity index is 1.61.